The van der Waals surface area contributed by atoms with Crippen molar-refractivity contribution in [3.05, 3.63) is 58.3 Å². The Morgan fingerprint density at radius 3 is 2.44 bits per heavy atom. The Hall–Kier alpha value is -3.21. The Balaban J connectivity index is 1.64. The number of anilines is 1. The number of hydrogen-bond acceptors (Lipinski definition) is 4. The summed E-state index contributed by atoms with van der Waals surface area (Å²) in [5.41, 5.74) is 6.91. The zero-order valence-electron chi connectivity index (χ0n) is 25.2. The number of nitrogens with zero attached hydrogens (tertiary/aromatic N) is 3. The van der Waals surface area contributed by atoms with Gasteiger partial charge < -0.3 is 9.64 Å². The summed E-state index contributed by atoms with van der Waals surface area (Å²) in [6, 6.07) is 8.75. The molecule has 0 bridgehead atoms. The van der Waals surface area contributed by atoms with Gasteiger partial charge in [-0.2, -0.15) is 0 Å². The average molecular weight is 527 g/mol. The zero-order valence-corrected chi connectivity index (χ0v) is 25.2. The fourth-order valence-corrected chi connectivity index (χ4v) is 6.59. The largest absolute Gasteiger partial charge is 0.452 e. The van der Waals surface area contributed by atoms with Gasteiger partial charge in [0.05, 0.1) is 17.2 Å². The van der Waals surface area contributed by atoms with Crippen molar-refractivity contribution >= 4 is 28.3 Å². The van der Waals surface area contributed by atoms with E-state index < -0.39 is 0 Å². The first-order chi connectivity index (χ1) is 18.4. The van der Waals surface area contributed by atoms with Gasteiger partial charge in [-0.25, -0.2) is 9.57 Å². The van der Waals surface area contributed by atoms with Crippen LogP contribution in [0.4, 0.5) is 11.4 Å². The topological polar surface area (TPSA) is 44.9 Å². The molecular formula is C34H44N3O2+. The average Bonchev–Trinajstić information content (AvgIpc) is 2.86. The van der Waals surface area contributed by atoms with Gasteiger partial charge in [-0.1, -0.05) is 26.8 Å². The van der Waals surface area contributed by atoms with E-state index in [4.69, 9.17) is 9.73 Å². The lowest BCUT2D eigenvalue weighted by Crippen LogP contribution is -2.50. The number of benzene rings is 2. The van der Waals surface area contributed by atoms with Gasteiger partial charge in [-0.05, 0) is 63.5 Å². The van der Waals surface area contributed by atoms with Crippen LogP contribution in [0, 0.1) is 5.92 Å². The highest BCUT2D eigenvalue weighted by molar-refractivity contribution is 5.85. The molecule has 0 saturated carbocycles. The molecule has 5 heteroatoms. The molecule has 0 N–H and O–H groups in total. The Bertz CT molecular complexity index is 1540. The molecule has 0 aromatic heterocycles. The molecule has 39 heavy (non-hydrogen) atoms. The second-order valence-electron chi connectivity index (χ2n) is 12.7. The van der Waals surface area contributed by atoms with Crippen molar-refractivity contribution in [1.82, 2.24) is 4.58 Å². The number of ketones is 1. The van der Waals surface area contributed by atoms with Crippen molar-refractivity contribution in [2.24, 2.45) is 10.9 Å². The number of hydrogen-bond donors (Lipinski definition) is 0. The van der Waals surface area contributed by atoms with Crippen LogP contribution in [0.5, 0.6) is 11.5 Å². The second kappa shape index (κ2) is 9.76. The summed E-state index contributed by atoms with van der Waals surface area (Å²) in [5, 5.41) is 2.04. The van der Waals surface area contributed by atoms with Crippen molar-refractivity contribution in [3.63, 3.8) is 0 Å². The predicted molar refractivity (Wildman–Crippen MR) is 162 cm³/mol. The molecule has 2 aromatic carbocycles. The highest BCUT2D eigenvalue weighted by Crippen LogP contribution is 2.46. The molecule has 0 aliphatic carbocycles. The number of carbonyl (C=O) groups is 1. The van der Waals surface area contributed by atoms with Gasteiger partial charge in [-0.15, -0.1) is 0 Å². The van der Waals surface area contributed by atoms with Crippen LogP contribution in [-0.2, 0) is 4.79 Å². The Morgan fingerprint density at radius 1 is 1.03 bits per heavy atom. The van der Waals surface area contributed by atoms with Crippen LogP contribution in [-0.4, -0.2) is 30.0 Å². The minimum absolute atomic E-state index is 0.0607. The van der Waals surface area contributed by atoms with Crippen molar-refractivity contribution in [2.75, 3.05) is 18.0 Å². The molecular weight excluding hydrogens is 482 g/mol. The zero-order chi connectivity index (χ0) is 28.3. The van der Waals surface area contributed by atoms with E-state index in [1.54, 1.807) is 0 Å². The van der Waals surface area contributed by atoms with E-state index in [0.717, 1.165) is 48.5 Å². The number of Topliss-reactive ketones (excluding diaryl/α,β-unsaturated/α-hetero) is 1. The molecule has 3 aliphatic heterocycles. The van der Waals surface area contributed by atoms with Crippen molar-refractivity contribution < 1.29 is 9.53 Å². The molecule has 5 rings (SSSR count). The van der Waals surface area contributed by atoms with Gasteiger partial charge in [0.2, 0.25) is 5.36 Å². The molecule has 3 aliphatic rings. The summed E-state index contributed by atoms with van der Waals surface area (Å²) in [6.07, 6.45) is 7.13. The maximum Gasteiger partial charge on any atom is 0.212 e. The summed E-state index contributed by atoms with van der Waals surface area (Å²) < 4.78 is 9.07. The standard InChI is InChI=1S/C34H44N3O2/c1-10-23-20-34(8,9)37(14-12-13-30(38)21(3)4)29-18-32-27(16-25(23)29)35-26-15-24-22(5)19-33(6,7)36(11-2)28(24)17-31(26)39-32/h15-21H,10-14H2,1-9H3/q+1. The van der Waals surface area contributed by atoms with Crippen LogP contribution in [0.3, 0.4) is 0 Å². The molecule has 2 aromatic rings. The molecule has 3 heterocycles. The van der Waals surface area contributed by atoms with Gasteiger partial charge in [0.25, 0.3) is 0 Å². The third-order valence-electron chi connectivity index (χ3n) is 8.60. The van der Waals surface area contributed by atoms with E-state index in [-0.39, 0.29) is 17.0 Å². The van der Waals surface area contributed by atoms with E-state index >= 15 is 0 Å². The molecule has 0 unspecified atom stereocenters. The molecule has 0 atom stereocenters. The number of allylic oxidation sites excluding steroid dienone is 2. The lowest BCUT2D eigenvalue weighted by atomic mass is 9.88. The van der Waals surface area contributed by atoms with Gasteiger partial charge in [0.1, 0.15) is 23.4 Å². The summed E-state index contributed by atoms with van der Waals surface area (Å²) in [6.45, 7) is 21.4. The molecule has 206 valence electrons. The van der Waals surface area contributed by atoms with Crippen LogP contribution in [0.15, 0.2) is 41.4 Å². The summed E-state index contributed by atoms with van der Waals surface area (Å²) in [4.78, 5) is 19.9. The monoisotopic (exact) mass is 526 g/mol. The summed E-state index contributed by atoms with van der Waals surface area (Å²) >= 11 is 0. The minimum atomic E-state index is -0.159. The van der Waals surface area contributed by atoms with Gasteiger partial charge in [0.15, 0.2) is 17.0 Å². The smallest absolute Gasteiger partial charge is 0.212 e. The summed E-state index contributed by atoms with van der Waals surface area (Å²) in [5.74, 6) is 2.01. The van der Waals surface area contributed by atoms with E-state index in [0.29, 0.717) is 12.2 Å². The molecule has 0 saturated heterocycles. The predicted octanol–water partition coefficient (Wildman–Crippen LogP) is 6.85. The number of carbonyl (C=O) groups excluding carboxylic acids is 1. The minimum Gasteiger partial charge on any atom is -0.452 e. The van der Waals surface area contributed by atoms with Crippen molar-refractivity contribution in [3.8, 4) is 11.5 Å². The number of fused-ring (bicyclic) bond motifs is 4. The normalized spacial score (nSPS) is 18.2. The van der Waals surface area contributed by atoms with Gasteiger partial charge in [0, 0.05) is 56.5 Å². The fourth-order valence-electron chi connectivity index (χ4n) is 6.59. The molecule has 0 radical (unpaired) electrons. The second-order valence-corrected chi connectivity index (χ2v) is 12.7. The van der Waals surface area contributed by atoms with Crippen molar-refractivity contribution in [2.45, 2.75) is 92.7 Å². The SMILES string of the molecule is CCC1=CC(C)(C)[N+](CCCC(=O)C(C)C)=c2cc3c(cc21)=Nc1cc2c(cc1O3)N(CC)C(C)(C)C=C2C. The number of rotatable bonds is 7. The fraction of sp³-hybridized carbons (Fsp3) is 0.500. The molecule has 5 nitrogen and oxygen atoms in total. The van der Waals surface area contributed by atoms with Crippen LogP contribution < -0.4 is 24.9 Å². The van der Waals surface area contributed by atoms with E-state index in [9.17, 15) is 4.79 Å². The van der Waals surface area contributed by atoms with Gasteiger partial charge in [-0.3, -0.25) is 4.79 Å². The lowest BCUT2D eigenvalue weighted by Gasteiger charge is -2.43. The first kappa shape index (κ1) is 27.4. The first-order valence-electron chi connectivity index (χ1n) is 14.6. The van der Waals surface area contributed by atoms with Gasteiger partial charge >= 0.3 is 0 Å². The Kier molecular flexibility index (Phi) is 6.85. The maximum atomic E-state index is 12.3. The first-order valence-corrected chi connectivity index (χ1v) is 14.6. The molecule has 0 spiro atoms. The van der Waals surface area contributed by atoms with Crippen molar-refractivity contribution in [1.29, 1.82) is 0 Å². The third kappa shape index (κ3) is 4.74. The van der Waals surface area contributed by atoms with E-state index in [2.05, 4.69) is 94.4 Å². The third-order valence-corrected chi connectivity index (χ3v) is 8.60. The van der Waals surface area contributed by atoms with Crippen LogP contribution in [0.2, 0.25) is 0 Å². The Labute approximate surface area is 233 Å². The van der Waals surface area contributed by atoms with Crippen LogP contribution >= 0.6 is 0 Å². The lowest BCUT2D eigenvalue weighted by molar-refractivity contribution is -0.122. The summed E-state index contributed by atoms with van der Waals surface area (Å²) in [7, 11) is 0. The van der Waals surface area contributed by atoms with Crippen LogP contribution in [0.25, 0.3) is 11.1 Å². The maximum absolute atomic E-state index is 12.3. The van der Waals surface area contributed by atoms with E-state index in [1.165, 1.54) is 33.3 Å². The van der Waals surface area contributed by atoms with Crippen LogP contribution in [0.1, 0.15) is 92.7 Å². The quantitative estimate of drug-likeness (QED) is 0.316. The molecule has 0 fully saturated rings. The number of likely N-dealkylation sites (N-methyl/N-ethyl adjacent to an activating group) is 1. The number of ether oxygens (including phenoxy) is 1. The highest BCUT2D eigenvalue weighted by Gasteiger charge is 2.36. The van der Waals surface area contributed by atoms with E-state index in [1.807, 2.05) is 13.8 Å². The molecule has 0 amide bonds. The Morgan fingerprint density at radius 2 is 1.77 bits per heavy atom. The highest BCUT2D eigenvalue weighted by atomic mass is 16.5.